The smallest absolute Gasteiger partial charge is 0.269 e. The maximum atomic E-state index is 12.4. The number of carbonyl (C=O) groups excluding carboxylic acids is 1. The summed E-state index contributed by atoms with van der Waals surface area (Å²) < 4.78 is 0. The molecule has 106 valence electrons. The second-order valence-corrected chi connectivity index (χ2v) is 5.14. The summed E-state index contributed by atoms with van der Waals surface area (Å²) in [6.07, 6.45) is 0. The van der Waals surface area contributed by atoms with E-state index in [2.05, 4.69) is 0 Å². The number of Topliss-reactive ketones (excluding diaryl/α,β-unsaturated/α-hetero) is 1. The Labute approximate surface area is 122 Å². The van der Waals surface area contributed by atoms with Gasteiger partial charge in [0.1, 0.15) is 0 Å². The van der Waals surface area contributed by atoms with E-state index in [4.69, 9.17) is 0 Å². The van der Waals surface area contributed by atoms with Gasteiger partial charge in [-0.3, -0.25) is 19.8 Å². The van der Waals surface area contributed by atoms with Crippen LogP contribution in [0.1, 0.15) is 22.0 Å². The van der Waals surface area contributed by atoms with Crippen LogP contribution in [-0.4, -0.2) is 28.7 Å². The number of hydrogen-bond donors (Lipinski definition) is 0. The van der Waals surface area contributed by atoms with Crippen LogP contribution in [-0.2, 0) is 0 Å². The topological polar surface area (TPSA) is 63.2 Å². The van der Waals surface area contributed by atoms with E-state index in [1.54, 1.807) is 24.3 Å². The van der Waals surface area contributed by atoms with Gasteiger partial charge in [-0.2, -0.15) is 0 Å². The van der Waals surface area contributed by atoms with Gasteiger partial charge in [-0.05, 0) is 12.6 Å². The van der Waals surface area contributed by atoms with Crippen molar-refractivity contribution in [2.45, 2.75) is 12.1 Å². The first-order valence-electron chi connectivity index (χ1n) is 6.65. The molecule has 1 aliphatic rings. The number of nitrogens with zero attached hydrogens (tertiary/aromatic N) is 2. The Kier molecular flexibility index (Phi) is 3.27. The number of rotatable bonds is 4. The van der Waals surface area contributed by atoms with Crippen LogP contribution in [0.15, 0.2) is 54.6 Å². The van der Waals surface area contributed by atoms with E-state index < -0.39 is 4.92 Å². The summed E-state index contributed by atoms with van der Waals surface area (Å²) in [5, 5.41) is 10.8. The van der Waals surface area contributed by atoms with Gasteiger partial charge in [-0.15, -0.1) is 0 Å². The van der Waals surface area contributed by atoms with Crippen molar-refractivity contribution in [3.05, 3.63) is 75.8 Å². The molecule has 0 amide bonds. The summed E-state index contributed by atoms with van der Waals surface area (Å²) in [4.78, 5) is 24.8. The van der Waals surface area contributed by atoms with Crippen molar-refractivity contribution < 1.29 is 9.72 Å². The zero-order chi connectivity index (χ0) is 15.0. The van der Waals surface area contributed by atoms with Gasteiger partial charge in [0.15, 0.2) is 5.78 Å². The molecule has 0 bridgehead atoms. The maximum absolute atomic E-state index is 12.4. The third-order valence-electron chi connectivity index (χ3n) is 3.84. The molecule has 2 aromatic carbocycles. The van der Waals surface area contributed by atoms with Crippen LogP contribution >= 0.6 is 0 Å². The number of nitro groups is 1. The minimum Gasteiger partial charge on any atom is -0.292 e. The molecule has 0 aromatic heterocycles. The highest BCUT2D eigenvalue weighted by atomic mass is 16.6. The van der Waals surface area contributed by atoms with Crippen LogP contribution in [0.4, 0.5) is 5.69 Å². The lowest BCUT2D eigenvalue weighted by molar-refractivity contribution is -0.384. The average Bonchev–Trinajstić information content (AvgIpc) is 3.18. The van der Waals surface area contributed by atoms with Crippen molar-refractivity contribution in [1.29, 1.82) is 0 Å². The van der Waals surface area contributed by atoms with Crippen LogP contribution < -0.4 is 0 Å². The highest BCUT2D eigenvalue weighted by Gasteiger charge is 2.50. The van der Waals surface area contributed by atoms with E-state index in [1.165, 1.54) is 6.07 Å². The zero-order valence-corrected chi connectivity index (χ0v) is 11.5. The molecule has 3 unspecified atom stereocenters. The molecule has 0 N–H and O–H groups in total. The fourth-order valence-electron chi connectivity index (χ4n) is 2.68. The van der Waals surface area contributed by atoms with E-state index in [0.717, 1.165) is 5.56 Å². The van der Waals surface area contributed by atoms with Gasteiger partial charge in [0, 0.05) is 17.7 Å². The van der Waals surface area contributed by atoms with Gasteiger partial charge < -0.3 is 0 Å². The van der Waals surface area contributed by atoms with Gasteiger partial charge in [0.05, 0.1) is 17.0 Å². The van der Waals surface area contributed by atoms with Gasteiger partial charge >= 0.3 is 0 Å². The van der Waals surface area contributed by atoms with E-state index in [1.807, 2.05) is 36.2 Å². The second kappa shape index (κ2) is 5.10. The second-order valence-electron chi connectivity index (χ2n) is 5.14. The van der Waals surface area contributed by atoms with Crippen molar-refractivity contribution in [3.63, 3.8) is 0 Å². The molecule has 3 rings (SSSR count). The largest absolute Gasteiger partial charge is 0.292 e. The first-order chi connectivity index (χ1) is 10.1. The molecular weight excluding hydrogens is 268 g/mol. The van der Waals surface area contributed by atoms with E-state index in [-0.39, 0.29) is 23.6 Å². The number of likely N-dealkylation sites (N-methyl/N-ethyl adjacent to an activating group) is 1. The van der Waals surface area contributed by atoms with Crippen molar-refractivity contribution in [3.8, 4) is 0 Å². The summed E-state index contributed by atoms with van der Waals surface area (Å²) in [6, 6.07) is 15.3. The first kappa shape index (κ1) is 13.5. The lowest BCUT2D eigenvalue weighted by Gasteiger charge is -1.99. The predicted molar refractivity (Wildman–Crippen MR) is 78.2 cm³/mol. The molecule has 1 saturated heterocycles. The van der Waals surface area contributed by atoms with Crippen LogP contribution in [0.25, 0.3) is 0 Å². The van der Waals surface area contributed by atoms with E-state index in [9.17, 15) is 14.9 Å². The number of non-ortho nitro benzene ring substituents is 1. The molecule has 0 radical (unpaired) electrons. The highest BCUT2D eigenvalue weighted by Crippen LogP contribution is 2.43. The molecule has 1 fully saturated rings. The molecule has 1 heterocycles. The minimum absolute atomic E-state index is 0.0506. The number of benzene rings is 2. The van der Waals surface area contributed by atoms with Gasteiger partial charge in [-0.25, -0.2) is 0 Å². The Bertz CT molecular complexity index is 700. The Morgan fingerprint density at radius 1 is 1.14 bits per heavy atom. The average molecular weight is 282 g/mol. The van der Waals surface area contributed by atoms with Crippen LogP contribution in [0.5, 0.6) is 0 Å². The van der Waals surface area contributed by atoms with Crippen LogP contribution in [0, 0.1) is 10.1 Å². The monoisotopic (exact) mass is 282 g/mol. The number of nitro benzene ring substituents is 1. The Balaban J connectivity index is 1.84. The lowest BCUT2D eigenvalue weighted by atomic mass is 10.0. The molecule has 0 spiro atoms. The molecule has 5 heteroatoms. The fraction of sp³-hybridized carbons (Fsp3) is 0.188. The summed E-state index contributed by atoms with van der Waals surface area (Å²) >= 11 is 0. The molecule has 3 atom stereocenters. The number of ketones is 1. The Morgan fingerprint density at radius 2 is 1.86 bits per heavy atom. The van der Waals surface area contributed by atoms with Gasteiger partial charge in [-0.1, -0.05) is 42.5 Å². The molecule has 0 saturated carbocycles. The van der Waals surface area contributed by atoms with E-state index >= 15 is 0 Å². The van der Waals surface area contributed by atoms with Gasteiger partial charge in [0.2, 0.25) is 0 Å². The normalized spacial score (nSPS) is 23.6. The van der Waals surface area contributed by atoms with Gasteiger partial charge in [0.25, 0.3) is 5.69 Å². The third kappa shape index (κ3) is 2.43. The van der Waals surface area contributed by atoms with Crippen molar-refractivity contribution in [2.75, 3.05) is 7.05 Å². The summed E-state index contributed by atoms with van der Waals surface area (Å²) in [5.74, 6) is 0.0506. The summed E-state index contributed by atoms with van der Waals surface area (Å²) in [6.45, 7) is 0. The molecule has 0 aliphatic carbocycles. The molecule has 21 heavy (non-hydrogen) atoms. The van der Waals surface area contributed by atoms with Crippen molar-refractivity contribution in [2.24, 2.45) is 0 Å². The number of carbonyl (C=O) groups is 1. The molecule has 1 aliphatic heterocycles. The molecule has 5 nitrogen and oxygen atoms in total. The SMILES string of the molecule is CN1C(C(=O)c2ccccc2)C1c1cccc([N+](=O)[O-])c1. The van der Waals surface area contributed by atoms with Crippen molar-refractivity contribution >= 4 is 11.5 Å². The lowest BCUT2D eigenvalue weighted by Crippen LogP contribution is -2.11. The summed E-state index contributed by atoms with van der Waals surface area (Å²) in [5.41, 5.74) is 1.53. The zero-order valence-electron chi connectivity index (χ0n) is 11.5. The predicted octanol–water partition coefficient (Wildman–Crippen LogP) is 2.83. The summed E-state index contributed by atoms with van der Waals surface area (Å²) in [7, 11) is 1.86. The van der Waals surface area contributed by atoms with Crippen LogP contribution in [0.2, 0.25) is 0 Å². The third-order valence-corrected chi connectivity index (χ3v) is 3.84. The Morgan fingerprint density at radius 3 is 2.52 bits per heavy atom. The molecule has 2 aromatic rings. The minimum atomic E-state index is -0.417. The van der Waals surface area contributed by atoms with Crippen LogP contribution in [0.3, 0.4) is 0 Å². The Hall–Kier alpha value is -2.53. The quantitative estimate of drug-likeness (QED) is 0.374. The fourth-order valence-corrected chi connectivity index (χ4v) is 2.68. The van der Waals surface area contributed by atoms with Crippen molar-refractivity contribution in [1.82, 2.24) is 4.90 Å². The molecular formula is C16H14N2O3. The van der Waals surface area contributed by atoms with E-state index in [0.29, 0.717) is 5.56 Å². The highest BCUT2D eigenvalue weighted by molar-refractivity contribution is 6.02. The first-order valence-corrected chi connectivity index (χ1v) is 6.65. The maximum Gasteiger partial charge on any atom is 0.269 e. The standard InChI is InChI=1S/C16H14N2O3/c1-17-14(12-8-5-9-13(10-12)18(20)21)15(17)16(19)11-6-3-2-4-7-11/h2-10,14-15H,1H3. The number of hydrogen-bond acceptors (Lipinski definition) is 4.